The average molecular weight is 588 g/mol. The molecule has 7 nitrogen and oxygen atoms in total. The van der Waals surface area contributed by atoms with Crippen molar-refractivity contribution >= 4 is 38.3 Å². The molecule has 42 heavy (non-hydrogen) atoms. The van der Waals surface area contributed by atoms with E-state index in [9.17, 15) is 22.4 Å². The number of para-hydroxylation sites is 1. The van der Waals surface area contributed by atoms with Crippen molar-refractivity contribution in [3.63, 3.8) is 0 Å². The second kappa shape index (κ2) is 10.2. The largest absolute Gasteiger partial charge is 0.342 e. The molecule has 2 heterocycles. The maximum atomic E-state index is 13.8. The van der Waals surface area contributed by atoms with E-state index in [4.69, 9.17) is 0 Å². The van der Waals surface area contributed by atoms with Gasteiger partial charge in [0.15, 0.2) is 0 Å². The monoisotopic (exact) mass is 587 g/mol. The van der Waals surface area contributed by atoms with E-state index in [1.807, 2.05) is 16.7 Å². The summed E-state index contributed by atoms with van der Waals surface area (Å²) in [5, 5.41) is 3.24. The third kappa shape index (κ3) is 5.27. The van der Waals surface area contributed by atoms with Crippen molar-refractivity contribution in [2.75, 3.05) is 11.9 Å². The van der Waals surface area contributed by atoms with E-state index >= 15 is 0 Å². The van der Waals surface area contributed by atoms with Crippen LogP contribution in [-0.2, 0) is 21.4 Å². The Hall–Kier alpha value is -3.82. The number of amides is 1. The van der Waals surface area contributed by atoms with Crippen molar-refractivity contribution < 1.29 is 22.4 Å². The molecule has 9 heteroatoms. The number of carbonyl (C=O) groups is 2. The Morgan fingerprint density at radius 3 is 2.48 bits per heavy atom. The van der Waals surface area contributed by atoms with Crippen LogP contribution in [0.4, 0.5) is 10.1 Å². The molecule has 2 unspecified atom stereocenters. The molecule has 4 aromatic rings. The number of ketones is 1. The molecule has 1 N–H and O–H groups in total. The molecule has 2 aliphatic rings. The number of hydrogen-bond donors (Lipinski definition) is 1. The second-order valence-electron chi connectivity index (χ2n) is 12.9. The predicted molar refractivity (Wildman–Crippen MR) is 160 cm³/mol. The summed E-state index contributed by atoms with van der Waals surface area (Å²) < 4.78 is 44.4. The van der Waals surface area contributed by atoms with Crippen LogP contribution in [0.3, 0.4) is 0 Å². The smallest absolute Gasteiger partial charge is 0.296 e. The third-order valence-electron chi connectivity index (χ3n) is 8.57. The number of anilines is 1. The Kier molecular flexibility index (Phi) is 6.85. The number of carbonyl (C=O) groups excluding carboxylic acids is 2. The van der Waals surface area contributed by atoms with Crippen LogP contribution in [0.1, 0.15) is 56.0 Å². The van der Waals surface area contributed by atoms with Gasteiger partial charge in [0.05, 0.1) is 10.5 Å². The Labute approximate surface area is 245 Å². The highest BCUT2D eigenvalue weighted by atomic mass is 32.2. The molecule has 1 aromatic heterocycles. The standard InChI is InChI=1S/C33H34FN3O4S/c1-32(2)16-25-17-33(3,20-32)21-37(25)42(40,41)26-8-6-7-24(15-26)35-31(39)30(38)28-19-36(29-10-5-4-9-27(28)29)18-22-11-13-23(34)14-12-22/h4-15,19,25H,16-18,20-21H2,1-3H3,(H,35,39). The van der Waals surface area contributed by atoms with Crippen molar-refractivity contribution in [2.45, 2.75) is 57.5 Å². The Bertz CT molecular complexity index is 1810. The fourth-order valence-corrected chi connectivity index (χ4v) is 9.03. The number of sulfonamides is 1. The lowest BCUT2D eigenvalue weighted by Crippen LogP contribution is -2.37. The topological polar surface area (TPSA) is 88.5 Å². The van der Waals surface area contributed by atoms with Gasteiger partial charge in [-0.25, -0.2) is 12.8 Å². The molecule has 218 valence electrons. The van der Waals surface area contributed by atoms with Crippen molar-refractivity contribution in [1.29, 1.82) is 0 Å². The van der Waals surface area contributed by atoms with E-state index in [1.54, 1.807) is 46.9 Å². The first-order valence-corrected chi connectivity index (χ1v) is 15.6. The van der Waals surface area contributed by atoms with Gasteiger partial charge in [0.2, 0.25) is 10.0 Å². The van der Waals surface area contributed by atoms with Crippen LogP contribution >= 0.6 is 0 Å². The third-order valence-corrected chi connectivity index (χ3v) is 10.5. The highest BCUT2D eigenvalue weighted by Gasteiger charge is 2.53. The number of fused-ring (bicyclic) bond motifs is 3. The molecule has 0 spiro atoms. The van der Waals surface area contributed by atoms with Crippen LogP contribution in [0, 0.1) is 16.6 Å². The molecule has 2 atom stereocenters. The van der Waals surface area contributed by atoms with Crippen molar-refractivity contribution in [1.82, 2.24) is 8.87 Å². The Balaban J connectivity index is 1.23. The number of aromatic nitrogens is 1. The highest BCUT2D eigenvalue weighted by Crippen LogP contribution is 2.53. The van der Waals surface area contributed by atoms with E-state index in [2.05, 4.69) is 26.1 Å². The average Bonchev–Trinajstić information content (AvgIpc) is 3.43. The number of rotatable bonds is 7. The maximum Gasteiger partial charge on any atom is 0.296 e. The molecule has 1 aliphatic carbocycles. The van der Waals surface area contributed by atoms with Crippen molar-refractivity contribution in [3.05, 3.63) is 95.9 Å². The first-order chi connectivity index (χ1) is 19.8. The summed E-state index contributed by atoms with van der Waals surface area (Å²) in [5.41, 5.74) is 2.08. The zero-order valence-electron chi connectivity index (χ0n) is 23.9. The van der Waals surface area contributed by atoms with E-state index in [1.165, 1.54) is 24.3 Å². The first kappa shape index (κ1) is 28.3. The number of benzene rings is 3. The molecule has 1 amide bonds. The zero-order chi connectivity index (χ0) is 29.9. The first-order valence-electron chi connectivity index (χ1n) is 14.1. The summed E-state index contributed by atoms with van der Waals surface area (Å²) in [6.07, 6.45) is 4.25. The lowest BCUT2D eigenvalue weighted by molar-refractivity contribution is -0.112. The maximum absolute atomic E-state index is 13.8. The summed E-state index contributed by atoms with van der Waals surface area (Å²) in [7, 11) is -3.80. The van der Waals surface area contributed by atoms with Gasteiger partial charge in [0.1, 0.15) is 5.82 Å². The summed E-state index contributed by atoms with van der Waals surface area (Å²) in [5.74, 6) is -1.93. The summed E-state index contributed by atoms with van der Waals surface area (Å²) in [6, 6.07) is 19.4. The lowest BCUT2D eigenvalue weighted by Gasteiger charge is -2.39. The molecule has 0 radical (unpaired) electrons. The van der Waals surface area contributed by atoms with Gasteiger partial charge < -0.3 is 9.88 Å². The zero-order valence-corrected chi connectivity index (χ0v) is 24.7. The number of nitrogens with one attached hydrogen (secondary N) is 1. The quantitative estimate of drug-likeness (QED) is 0.205. The van der Waals surface area contributed by atoms with Crippen LogP contribution in [0.5, 0.6) is 0 Å². The molecule has 6 rings (SSSR count). The minimum atomic E-state index is -3.80. The SMILES string of the molecule is CC1(C)CC2CC(C)(CN2S(=O)(=O)c2cccc(NC(=O)C(=O)c3cn(Cc4ccc(F)cc4)c4ccccc34)c2)C1. The van der Waals surface area contributed by atoms with Crippen LogP contribution in [0.15, 0.2) is 83.9 Å². The molecular formula is C33H34FN3O4S. The van der Waals surface area contributed by atoms with Gasteiger partial charge >= 0.3 is 0 Å². The predicted octanol–water partition coefficient (Wildman–Crippen LogP) is 6.24. The second-order valence-corrected chi connectivity index (χ2v) is 14.8. The Morgan fingerprint density at radius 1 is 0.976 bits per heavy atom. The van der Waals surface area contributed by atoms with E-state index < -0.39 is 21.7 Å². The molecule has 2 fully saturated rings. The molecule has 2 bridgehead atoms. The highest BCUT2D eigenvalue weighted by molar-refractivity contribution is 7.89. The van der Waals surface area contributed by atoms with Crippen LogP contribution in [0.25, 0.3) is 10.9 Å². The van der Waals surface area contributed by atoms with E-state index in [-0.39, 0.29) is 38.8 Å². The number of halogens is 1. The summed E-state index contributed by atoms with van der Waals surface area (Å²) in [4.78, 5) is 26.6. The normalized spacial score (nSPS) is 21.9. The summed E-state index contributed by atoms with van der Waals surface area (Å²) >= 11 is 0. The molecule has 1 saturated carbocycles. The molecular weight excluding hydrogens is 553 g/mol. The van der Waals surface area contributed by atoms with E-state index in [0.717, 1.165) is 30.3 Å². The van der Waals surface area contributed by atoms with E-state index in [0.29, 0.717) is 18.5 Å². The van der Waals surface area contributed by atoms with Gasteiger partial charge in [0, 0.05) is 41.9 Å². The lowest BCUT2D eigenvalue weighted by atomic mass is 9.65. The van der Waals surface area contributed by atoms with Crippen LogP contribution in [0.2, 0.25) is 0 Å². The molecule has 1 saturated heterocycles. The van der Waals surface area contributed by atoms with Crippen molar-refractivity contribution in [2.24, 2.45) is 10.8 Å². The molecule has 3 aromatic carbocycles. The fraction of sp³-hybridized carbons (Fsp3) is 0.333. The fourth-order valence-electron chi connectivity index (χ4n) is 7.21. The Morgan fingerprint density at radius 2 is 1.71 bits per heavy atom. The van der Waals surface area contributed by atoms with Crippen LogP contribution < -0.4 is 5.32 Å². The van der Waals surface area contributed by atoms with Gasteiger partial charge in [-0.2, -0.15) is 4.31 Å². The number of nitrogens with zero attached hydrogens (tertiary/aromatic N) is 2. The van der Waals surface area contributed by atoms with Gasteiger partial charge in [-0.15, -0.1) is 0 Å². The molecule has 1 aliphatic heterocycles. The minimum Gasteiger partial charge on any atom is -0.342 e. The van der Waals surface area contributed by atoms with Crippen molar-refractivity contribution in [3.8, 4) is 0 Å². The van der Waals surface area contributed by atoms with Crippen LogP contribution in [-0.4, -0.2) is 41.6 Å². The number of Topliss-reactive ketones (excluding diaryl/α,β-unsaturated/α-hetero) is 1. The minimum absolute atomic E-state index is 0.0594. The van der Waals surface area contributed by atoms with Gasteiger partial charge in [-0.3, -0.25) is 9.59 Å². The summed E-state index contributed by atoms with van der Waals surface area (Å²) in [6.45, 7) is 7.42. The van der Waals surface area contributed by atoms with Gasteiger partial charge in [-0.1, -0.05) is 57.2 Å². The van der Waals surface area contributed by atoms with Gasteiger partial charge in [-0.05, 0) is 72.1 Å². The van der Waals surface area contributed by atoms with Gasteiger partial charge in [0.25, 0.3) is 11.7 Å². The number of hydrogen-bond acceptors (Lipinski definition) is 4.